The van der Waals surface area contributed by atoms with Crippen LogP contribution < -0.4 is 4.90 Å². The summed E-state index contributed by atoms with van der Waals surface area (Å²) in [4.78, 5) is 55.1. The van der Waals surface area contributed by atoms with E-state index in [1.54, 1.807) is 34.1 Å². The first-order valence-corrected chi connectivity index (χ1v) is 10.0. The first kappa shape index (κ1) is 19.4. The van der Waals surface area contributed by atoms with Crippen molar-refractivity contribution in [3.8, 4) is 0 Å². The topological polar surface area (TPSA) is 98.2 Å². The van der Waals surface area contributed by atoms with Crippen molar-refractivity contribution in [3.05, 3.63) is 29.8 Å². The number of aliphatic carboxylic acids is 1. The number of likely N-dealkylation sites (tertiary alicyclic amines) is 1. The quantitative estimate of drug-likeness (QED) is 0.834. The van der Waals surface area contributed by atoms with E-state index in [1.807, 2.05) is 13.8 Å². The van der Waals surface area contributed by atoms with E-state index < -0.39 is 17.6 Å². The van der Waals surface area contributed by atoms with Crippen molar-refractivity contribution in [2.24, 2.45) is 5.92 Å². The minimum absolute atomic E-state index is 0.0674. The van der Waals surface area contributed by atoms with Gasteiger partial charge in [-0.1, -0.05) is 12.1 Å². The zero-order valence-electron chi connectivity index (χ0n) is 16.6. The molecule has 0 spiro atoms. The highest BCUT2D eigenvalue weighted by atomic mass is 16.4. The molecule has 0 aromatic heterocycles. The molecule has 3 atom stereocenters. The van der Waals surface area contributed by atoms with E-state index >= 15 is 0 Å². The fourth-order valence-electron chi connectivity index (χ4n) is 4.82. The van der Waals surface area contributed by atoms with Gasteiger partial charge in [-0.05, 0) is 45.2 Å². The van der Waals surface area contributed by atoms with Crippen molar-refractivity contribution < 1.29 is 24.3 Å². The Morgan fingerprint density at radius 3 is 2.66 bits per heavy atom. The first-order chi connectivity index (χ1) is 13.7. The Labute approximate surface area is 169 Å². The Hall–Kier alpha value is -2.90. The van der Waals surface area contributed by atoms with E-state index in [2.05, 4.69) is 0 Å². The van der Waals surface area contributed by atoms with Crippen LogP contribution in [0.5, 0.6) is 0 Å². The molecule has 3 aliphatic rings. The number of fused-ring (bicyclic) bond motifs is 3. The van der Waals surface area contributed by atoms with E-state index in [9.17, 15) is 24.3 Å². The molecule has 1 N–H and O–H groups in total. The van der Waals surface area contributed by atoms with Crippen LogP contribution in [-0.4, -0.2) is 63.4 Å². The molecule has 4 rings (SSSR count). The summed E-state index contributed by atoms with van der Waals surface area (Å²) in [5, 5.41) is 9.34. The molecule has 2 saturated heterocycles. The maximum absolute atomic E-state index is 13.3. The van der Waals surface area contributed by atoms with Gasteiger partial charge in [0.15, 0.2) is 0 Å². The number of carboxylic acids is 1. The van der Waals surface area contributed by atoms with Gasteiger partial charge in [0.2, 0.25) is 11.8 Å². The highest BCUT2D eigenvalue weighted by Crippen LogP contribution is 2.44. The van der Waals surface area contributed by atoms with Crippen LogP contribution in [-0.2, 0) is 14.4 Å². The number of anilines is 1. The lowest BCUT2D eigenvalue weighted by atomic mass is 9.93. The molecule has 3 amide bonds. The molecule has 154 valence electrons. The molecule has 1 aromatic rings. The van der Waals surface area contributed by atoms with E-state index in [4.69, 9.17) is 0 Å². The highest BCUT2D eigenvalue weighted by molar-refractivity contribution is 6.11. The third-order valence-corrected chi connectivity index (χ3v) is 6.59. The second-order valence-electron chi connectivity index (χ2n) is 8.36. The van der Waals surface area contributed by atoms with Crippen LogP contribution in [0.25, 0.3) is 0 Å². The molecule has 2 fully saturated rings. The van der Waals surface area contributed by atoms with Crippen LogP contribution in [0, 0.1) is 5.92 Å². The standard InChI is InChI=1S/C21H25N3O5/c1-13-7-8-14(20(28)29)11-22(13)18(26)12-23-19(27)15-5-3-4-6-16(15)24-17(25)9-10-21(23,24)2/h3-6,13-14H,7-12H2,1-2H3,(H,28,29). The summed E-state index contributed by atoms with van der Waals surface area (Å²) in [7, 11) is 0. The van der Waals surface area contributed by atoms with Gasteiger partial charge >= 0.3 is 5.97 Å². The van der Waals surface area contributed by atoms with E-state index in [0.717, 1.165) is 0 Å². The van der Waals surface area contributed by atoms with Crippen LogP contribution >= 0.6 is 0 Å². The Bertz CT molecular complexity index is 900. The summed E-state index contributed by atoms with van der Waals surface area (Å²) in [6.45, 7) is 3.69. The average molecular weight is 399 g/mol. The Kier molecular flexibility index (Phi) is 4.59. The van der Waals surface area contributed by atoms with Crippen LogP contribution in [0.3, 0.4) is 0 Å². The van der Waals surface area contributed by atoms with Gasteiger partial charge in [0, 0.05) is 19.0 Å². The summed E-state index contributed by atoms with van der Waals surface area (Å²) in [5.41, 5.74) is 0.0928. The molecule has 1 aromatic carbocycles. The number of carbonyl (C=O) groups excluding carboxylic acids is 3. The Morgan fingerprint density at radius 1 is 1.21 bits per heavy atom. The lowest BCUT2D eigenvalue weighted by Gasteiger charge is -2.49. The third-order valence-electron chi connectivity index (χ3n) is 6.59. The lowest BCUT2D eigenvalue weighted by Crippen LogP contribution is -2.64. The summed E-state index contributed by atoms with van der Waals surface area (Å²) in [5.74, 6) is -2.12. The zero-order valence-corrected chi connectivity index (χ0v) is 16.6. The molecule has 3 unspecified atom stereocenters. The predicted octanol–water partition coefficient (Wildman–Crippen LogP) is 1.70. The lowest BCUT2D eigenvalue weighted by molar-refractivity contribution is -0.147. The monoisotopic (exact) mass is 399 g/mol. The number of hydrogen-bond donors (Lipinski definition) is 1. The average Bonchev–Trinajstić information content (AvgIpc) is 3.00. The summed E-state index contributed by atoms with van der Waals surface area (Å²) in [6.07, 6.45) is 1.91. The number of carbonyl (C=O) groups is 4. The molecule has 3 aliphatic heterocycles. The number of piperidine rings is 1. The molecule has 0 bridgehead atoms. The van der Waals surface area contributed by atoms with E-state index in [1.165, 1.54) is 4.90 Å². The van der Waals surface area contributed by atoms with Crippen molar-refractivity contribution >= 4 is 29.4 Å². The second-order valence-corrected chi connectivity index (χ2v) is 8.36. The van der Waals surface area contributed by atoms with Gasteiger partial charge in [-0.15, -0.1) is 0 Å². The Balaban J connectivity index is 1.64. The molecule has 0 saturated carbocycles. The minimum atomic E-state index is -0.905. The summed E-state index contributed by atoms with van der Waals surface area (Å²) >= 11 is 0. The maximum Gasteiger partial charge on any atom is 0.308 e. The fourth-order valence-corrected chi connectivity index (χ4v) is 4.82. The molecule has 8 heteroatoms. The van der Waals surface area contributed by atoms with Crippen LogP contribution in [0.2, 0.25) is 0 Å². The summed E-state index contributed by atoms with van der Waals surface area (Å²) in [6, 6.07) is 6.88. The third kappa shape index (κ3) is 2.97. The molecule has 3 heterocycles. The number of amides is 3. The van der Waals surface area contributed by atoms with Gasteiger partial charge in [-0.25, -0.2) is 0 Å². The van der Waals surface area contributed by atoms with Gasteiger partial charge in [0.1, 0.15) is 12.2 Å². The zero-order chi connectivity index (χ0) is 20.9. The van der Waals surface area contributed by atoms with Gasteiger partial charge in [0.05, 0.1) is 17.2 Å². The number of carboxylic acid groups (broad SMARTS) is 1. The highest BCUT2D eigenvalue weighted by Gasteiger charge is 2.53. The van der Waals surface area contributed by atoms with E-state index in [0.29, 0.717) is 36.9 Å². The van der Waals surface area contributed by atoms with Gasteiger partial charge in [-0.2, -0.15) is 0 Å². The predicted molar refractivity (Wildman–Crippen MR) is 104 cm³/mol. The number of benzene rings is 1. The van der Waals surface area contributed by atoms with Crippen molar-refractivity contribution in [2.75, 3.05) is 18.0 Å². The number of rotatable bonds is 3. The molecular formula is C21H25N3O5. The maximum atomic E-state index is 13.3. The fraction of sp³-hybridized carbons (Fsp3) is 0.524. The van der Waals surface area contributed by atoms with Crippen molar-refractivity contribution in [1.29, 1.82) is 0 Å². The van der Waals surface area contributed by atoms with Gasteiger partial charge in [-0.3, -0.25) is 24.1 Å². The Morgan fingerprint density at radius 2 is 1.93 bits per heavy atom. The normalized spacial score (nSPS) is 29.0. The van der Waals surface area contributed by atoms with Gasteiger partial charge in [0.25, 0.3) is 5.91 Å². The largest absolute Gasteiger partial charge is 0.481 e. The second kappa shape index (κ2) is 6.86. The number of nitrogens with zero attached hydrogens (tertiary/aromatic N) is 3. The van der Waals surface area contributed by atoms with Gasteiger partial charge < -0.3 is 14.9 Å². The molecule has 0 radical (unpaired) electrons. The molecule has 0 aliphatic carbocycles. The van der Waals surface area contributed by atoms with Crippen molar-refractivity contribution in [1.82, 2.24) is 9.80 Å². The number of para-hydroxylation sites is 1. The van der Waals surface area contributed by atoms with Crippen LogP contribution in [0.15, 0.2) is 24.3 Å². The van der Waals surface area contributed by atoms with Crippen molar-refractivity contribution in [2.45, 2.75) is 51.2 Å². The number of hydrogen-bond acceptors (Lipinski definition) is 4. The SMILES string of the molecule is CC1CCC(C(=O)O)CN1C(=O)CN1C(=O)c2ccccc2N2C(=O)CCC12C. The molecule has 8 nitrogen and oxygen atoms in total. The van der Waals surface area contributed by atoms with Crippen LogP contribution in [0.4, 0.5) is 5.69 Å². The summed E-state index contributed by atoms with van der Waals surface area (Å²) < 4.78 is 0. The minimum Gasteiger partial charge on any atom is -0.481 e. The molecule has 29 heavy (non-hydrogen) atoms. The molecular weight excluding hydrogens is 374 g/mol. The van der Waals surface area contributed by atoms with E-state index in [-0.39, 0.29) is 36.9 Å². The first-order valence-electron chi connectivity index (χ1n) is 10.0. The van der Waals surface area contributed by atoms with Crippen LogP contribution in [0.1, 0.15) is 49.9 Å². The smallest absolute Gasteiger partial charge is 0.308 e. The van der Waals surface area contributed by atoms with Crippen molar-refractivity contribution in [3.63, 3.8) is 0 Å².